The zero-order valence-corrected chi connectivity index (χ0v) is 12.4. The molecule has 1 aliphatic rings. The number of rotatable bonds is 5. The highest BCUT2D eigenvalue weighted by Crippen LogP contribution is 2.19. The SMILES string of the molecule is CSC(C)(C)CNC(=O)CC1COCCN1.Cl. The predicted molar refractivity (Wildman–Crippen MR) is 75.1 cm³/mol. The average molecular weight is 283 g/mol. The third-order valence-corrected chi connectivity index (χ3v) is 3.94. The molecule has 0 aliphatic carbocycles. The van der Waals surface area contributed by atoms with Crippen molar-refractivity contribution in [1.82, 2.24) is 10.6 Å². The van der Waals surface area contributed by atoms with Gasteiger partial charge in [0.1, 0.15) is 0 Å². The number of nitrogens with one attached hydrogen (secondary N) is 2. The van der Waals surface area contributed by atoms with E-state index in [1.54, 1.807) is 11.8 Å². The third-order valence-electron chi connectivity index (χ3n) is 2.69. The molecule has 1 unspecified atom stereocenters. The lowest BCUT2D eigenvalue weighted by atomic mass is 10.1. The Hall–Kier alpha value is 0.0300. The second-order valence-electron chi connectivity index (χ2n) is 4.67. The number of carbonyl (C=O) groups excluding carboxylic acids is 1. The van der Waals surface area contributed by atoms with Crippen LogP contribution in [0.1, 0.15) is 20.3 Å². The maximum Gasteiger partial charge on any atom is 0.221 e. The molecule has 0 aromatic carbocycles. The van der Waals surface area contributed by atoms with E-state index in [4.69, 9.17) is 4.74 Å². The smallest absolute Gasteiger partial charge is 0.221 e. The molecular formula is C11H23ClN2O2S. The summed E-state index contributed by atoms with van der Waals surface area (Å²) in [6.07, 6.45) is 2.56. The van der Waals surface area contributed by atoms with Crippen molar-refractivity contribution in [3.8, 4) is 0 Å². The average Bonchev–Trinajstić information content (AvgIpc) is 2.28. The van der Waals surface area contributed by atoms with Gasteiger partial charge in [-0.05, 0) is 20.1 Å². The van der Waals surface area contributed by atoms with Crippen LogP contribution in [-0.2, 0) is 9.53 Å². The van der Waals surface area contributed by atoms with Gasteiger partial charge in [0, 0.05) is 30.3 Å². The Bertz CT molecular complexity index is 234. The van der Waals surface area contributed by atoms with E-state index in [1.165, 1.54) is 0 Å². The van der Waals surface area contributed by atoms with Crippen LogP contribution in [0.25, 0.3) is 0 Å². The minimum absolute atomic E-state index is 0. The molecule has 1 heterocycles. The van der Waals surface area contributed by atoms with Crippen LogP contribution in [0, 0.1) is 0 Å². The Balaban J connectivity index is 0.00000256. The summed E-state index contributed by atoms with van der Waals surface area (Å²) in [5, 5.41) is 6.24. The van der Waals surface area contributed by atoms with Crippen LogP contribution in [-0.4, -0.2) is 49.3 Å². The number of halogens is 1. The standard InChI is InChI=1S/C11H22N2O2S.ClH/c1-11(2,16-3)8-13-10(14)6-9-7-15-5-4-12-9;/h9,12H,4-8H2,1-3H3,(H,13,14);1H. The molecule has 4 nitrogen and oxygen atoms in total. The molecule has 102 valence electrons. The van der Waals surface area contributed by atoms with Gasteiger partial charge in [-0.2, -0.15) is 11.8 Å². The van der Waals surface area contributed by atoms with E-state index in [2.05, 4.69) is 30.7 Å². The molecule has 0 spiro atoms. The fourth-order valence-corrected chi connectivity index (χ4v) is 1.65. The minimum Gasteiger partial charge on any atom is -0.378 e. The van der Waals surface area contributed by atoms with E-state index < -0.39 is 0 Å². The van der Waals surface area contributed by atoms with Crippen molar-refractivity contribution >= 4 is 30.1 Å². The monoisotopic (exact) mass is 282 g/mol. The van der Waals surface area contributed by atoms with E-state index in [1.807, 2.05) is 0 Å². The van der Waals surface area contributed by atoms with Gasteiger partial charge in [-0.3, -0.25) is 4.79 Å². The van der Waals surface area contributed by atoms with Crippen LogP contribution >= 0.6 is 24.2 Å². The van der Waals surface area contributed by atoms with E-state index in [0.29, 0.717) is 19.6 Å². The molecular weight excluding hydrogens is 260 g/mol. The van der Waals surface area contributed by atoms with Crippen molar-refractivity contribution in [3.05, 3.63) is 0 Å². The Morgan fingerprint density at radius 3 is 2.82 bits per heavy atom. The second-order valence-corrected chi connectivity index (χ2v) is 6.18. The van der Waals surface area contributed by atoms with Crippen molar-refractivity contribution in [2.24, 2.45) is 0 Å². The highest BCUT2D eigenvalue weighted by molar-refractivity contribution is 7.99. The number of thioether (sulfide) groups is 1. The summed E-state index contributed by atoms with van der Waals surface area (Å²) in [6, 6.07) is 0.172. The van der Waals surface area contributed by atoms with E-state index in [9.17, 15) is 4.79 Å². The molecule has 1 aliphatic heterocycles. The molecule has 2 N–H and O–H groups in total. The molecule has 0 bridgehead atoms. The number of hydrogen-bond donors (Lipinski definition) is 2. The number of ether oxygens (including phenoxy) is 1. The Labute approximate surface area is 114 Å². The normalized spacial score (nSPS) is 20.5. The summed E-state index contributed by atoms with van der Waals surface area (Å²) in [5.74, 6) is 0.102. The highest BCUT2D eigenvalue weighted by Gasteiger charge is 2.20. The summed E-state index contributed by atoms with van der Waals surface area (Å²) >= 11 is 1.76. The molecule has 6 heteroatoms. The van der Waals surface area contributed by atoms with Crippen molar-refractivity contribution < 1.29 is 9.53 Å². The lowest BCUT2D eigenvalue weighted by Gasteiger charge is -2.25. The lowest BCUT2D eigenvalue weighted by molar-refractivity contribution is -0.122. The van der Waals surface area contributed by atoms with Crippen LogP contribution < -0.4 is 10.6 Å². The summed E-state index contributed by atoms with van der Waals surface area (Å²) in [6.45, 7) is 7.19. The topological polar surface area (TPSA) is 50.4 Å². The Morgan fingerprint density at radius 1 is 1.59 bits per heavy atom. The van der Waals surface area contributed by atoms with Crippen LogP contribution in [0.15, 0.2) is 0 Å². The third kappa shape index (κ3) is 7.13. The van der Waals surface area contributed by atoms with Gasteiger partial charge < -0.3 is 15.4 Å². The Kier molecular flexibility index (Phi) is 8.20. The van der Waals surface area contributed by atoms with Crippen molar-refractivity contribution in [1.29, 1.82) is 0 Å². The fraction of sp³-hybridized carbons (Fsp3) is 0.909. The highest BCUT2D eigenvalue weighted by atomic mass is 35.5. The molecule has 1 rings (SSSR count). The van der Waals surface area contributed by atoms with Gasteiger partial charge in [0.15, 0.2) is 0 Å². The number of carbonyl (C=O) groups is 1. The van der Waals surface area contributed by atoms with Gasteiger partial charge in [-0.15, -0.1) is 12.4 Å². The van der Waals surface area contributed by atoms with Gasteiger partial charge in [0.05, 0.1) is 13.2 Å². The van der Waals surface area contributed by atoms with Gasteiger partial charge in [-0.25, -0.2) is 0 Å². The van der Waals surface area contributed by atoms with Gasteiger partial charge in [-0.1, -0.05) is 0 Å². The molecule has 1 atom stereocenters. The van der Waals surface area contributed by atoms with Crippen LogP contribution in [0.5, 0.6) is 0 Å². The van der Waals surface area contributed by atoms with E-state index in [-0.39, 0.29) is 29.1 Å². The molecule has 1 saturated heterocycles. The molecule has 1 amide bonds. The van der Waals surface area contributed by atoms with E-state index in [0.717, 1.165) is 13.2 Å². The molecule has 17 heavy (non-hydrogen) atoms. The summed E-state index contributed by atoms with van der Waals surface area (Å²) in [7, 11) is 0. The summed E-state index contributed by atoms with van der Waals surface area (Å²) in [5.41, 5.74) is 0. The first-order valence-corrected chi connectivity index (χ1v) is 6.89. The maximum atomic E-state index is 11.7. The number of amides is 1. The maximum absolute atomic E-state index is 11.7. The number of hydrogen-bond acceptors (Lipinski definition) is 4. The first-order valence-electron chi connectivity index (χ1n) is 5.66. The quantitative estimate of drug-likeness (QED) is 0.791. The molecule has 0 aromatic rings. The second kappa shape index (κ2) is 8.19. The summed E-state index contributed by atoms with van der Waals surface area (Å²) in [4.78, 5) is 11.7. The molecule has 0 aromatic heterocycles. The zero-order valence-electron chi connectivity index (χ0n) is 10.7. The lowest BCUT2D eigenvalue weighted by Crippen LogP contribution is -2.45. The fourth-order valence-electron chi connectivity index (χ4n) is 1.43. The van der Waals surface area contributed by atoms with Crippen molar-refractivity contribution in [2.45, 2.75) is 31.1 Å². The first-order chi connectivity index (χ1) is 7.53. The van der Waals surface area contributed by atoms with Crippen molar-refractivity contribution in [3.63, 3.8) is 0 Å². The van der Waals surface area contributed by atoms with Gasteiger partial charge in [0.25, 0.3) is 0 Å². The zero-order chi connectivity index (χ0) is 12.0. The van der Waals surface area contributed by atoms with E-state index >= 15 is 0 Å². The number of morpholine rings is 1. The van der Waals surface area contributed by atoms with Crippen molar-refractivity contribution in [2.75, 3.05) is 32.6 Å². The minimum atomic E-state index is 0. The largest absolute Gasteiger partial charge is 0.378 e. The van der Waals surface area contributed by atoms with Crippen LogP contribution in [0.4, 0.5) is 0 Å². The van der Waals surface area contributed by atoms with Gasteiger partial charge in [0.2, 0.25) is 5.91 Å². The first kappa shape index (κ1) is 17.0. The van der Waals surface area contributed by atoms with Crippen LogP contribution in [0.2, 0.25) is 0 Å². The van der Waals surface area contributed by atoms with Gasteiger partial charge >= 0.3 is 0 Å². The molecule has 0 radical (unpaired) electrons. The van der Waals surface area contributed by atoms with Crippen LogP contribution in [0.3, 0.4) is 0 Å². The molecule has 0 saturated carbocycles. The molecule has 1 fully saturated rings. The Morgan fingerprint density at radius 2 is 2.29 bits per heavy atom. The summed E-state index contributed by atoms with van der Waals surface area (Å²) < 4.78 is 5.41. The predicted octanol–water partition coefficient (Wildman–Crippen LogP) is 1.04.